The largest absolute Gasteiger partial charge is 0.313 e. The standard InChI is InChI=1S/C10H17F2NS/c1-7-5-14-6-9(7)13-4-8-2-10(11,12)3-8/h7-9,13H,2-6H2,1H3. The molecule has 2 rings (SSSR count). The van der Waals surface area contributed by atoms with Gasteiger partial charge >= 0.3 is 0 Å². The highest BCUT2D eigenvalue weighted by atomic mass is 32.2. The Labute approximate surface area is 88.0 Å². The van der Waals surface area contributed by atoms with Gasteiger partial charge in [0, 0.05) is 24.6 Å². The predicted octanol–water partition coefficient (Wildman–Crippen LogP) is 2.37. The van der Waals surface area contributed by atoms with Crippen LogP contribution in [0.2, 0.25) is 0 Å². The quantitative estimate of drug-likeness (QED) is 0.785. The van der Waals surface area contributed by atoms with Crippen LogP contribution < -0.4 is 5.32 Å². The molecular formula is C10H17F2NS. The third kappa shape index (κ3) is 2.40. The van der Waals surface area contributed by atoms with Gasteiger partial charge in [-0.2, -0.15) is 11.8 Å². The average molecular weight is 221 g/mol. The lowest BCUT2D eigenvalue weighted by Crippen LogP contribution is -2.45. The van der Waals surface area contributed by atoms with Crippen molar-refractivity contribution in [3.63, 3.8) is 0 Å². The van der Waals surface area contributed by atoms with E-state index in [1.54, 1.807) is 0 Å². The average Bonchev–Trinajstić information content (AvgIpc) is 2.44. The lowest BCUT2D eigenvalue weighted by atomic mass is 9.81. The molecule has 1 aliphatic heterocycles. The van der Waals surface area contributed by atoms with Gasteiger partial charge in [0.25, 0.3) is 0 Å². The highest BCUT2D eigenvalue weighted by molar-refractivity contribution is 7.99. The van der Waals surface area contributed by atoms with E-state index in [1.165, 1.54) is 5.75 Å². The molecule has 82 valence electrons. The van der Waals surface area contributed by atoms with Crippen molar-refractivity contribution >= 4 is 11.8 Å². The van der Waals surface area contributed by atoms with Crippen LogP contribution in [0.4, 0.5) is 8.78 Å². The molecule has 2 fully saturated rings. The second kappa shape index (κ2) is 3.97. The van der Waals surface area contributed by atoms with Crippen LogP contribution in [0.1, 0.15) is 19.8 Å². The van der Waals surface area contributed by atoms with Crippen molar-refractivity contribution < 1.29 is 8.78 Å². The Balaban J connectivity index is 1.64. The molecule has 1 nitrogen and oxygen atoms in total. The summed E-state index contributed by atoms with van der Waals surface area (Å²) >= 11 is 1.96. The molecule has 2 unspecified atom stereocenters. The maximum absolute atomic E-state index is 12.5. The summed E-state index contributed by atoms with van der Waals surface area (Å²) in [5.74, 6) is 0.897. The molecule has 0 radical (unpaired) electrons. The summed E-state index contributed by atoms with van der Waals surface area (Å²) in [5, 5.41) is 3.42. The van der Waals surface area contributed by atoms with Crippen molar-refractivity contribution in [3.05, 3.63) is 0 Å². The van der Waals surface area contributed by atoms with Gasteiger partial charge in [-0.1, -0.05) is 6.92 Å². The first kappa shape index (κ1) is 10.7. The third-order valence-corrected chi connectivity index (χ3v) is 4.56. The minimum atomic E-state index is -2.36. The summed E-state index contributed by atoms with van der Waals surface area (Å²) in [6.45, 7) is 3.01. The van der Waals surface area contributed by atoms with Gasteiger partial charge in [0.15, 0.2) is 0 Å². The topological polar surface area (TPSA) is 12.0 Å². The fourth-order valence-corrected chi connectivity index (χ4v) is 3.61. The molecule has 0 aromatic heterocycles. The van der Waals surface area contributed by atoms with E-state index in [-0.39, 0.29) is 18.8 Å². The van der Waals surface area contributed by atoms with Crippen LogP contribution in [0, 0.1) is 11.8 Å². The second-order valence-electron chi connectivity index (χ2n) is 4.66. The SMILES string of the molecule is CC1CSCC1NCC1CC(F)(F)C1. The van der Waals surface area contributed by atoms with Crippen molar-refractivity contribution in [1.29, 1.82) is 0 Å². The molecule has 1 saturated heterocycles. The normalized spacial score (nSPS) is 37.1. The lowest BCUT2D eigenvalue weighted by molar-refractivity contribution is -0.109. The summed E-state index contributed by atoms with van der Waals surface area (Å²) in [4.78, 5) is 0. The Morgan fingerprint density at radius 1 is 1.36 bits per heavy atom. The first-order valence-corrected chi connectivity index (χ1v) is 6.41. The molecule has 1 saturated carbocycles. The van der Waals surface area contributed by atoms with Gasteiger partial charge in [0.1, 0.15) is 0 Å². The van der Waals surface area contributed by atoms with Gasteiger partial charge in [-0.3, -0.25) is 0 Å². The van der Waals surface area contributed by atoms with E-state index in [0.717, 1.165) is 12.3 Å². The summed E-state index contributed by atoms with van der Waals surface area (Å²) in [6.07, 6.45) is 0.183. The third-order valence-electron chi connectivity index (χ3n) is 3.21. The molecule has 2 aliphatic rings. The van der Waals surface area contributed by atoms with E-state index < -0.39 is 5.92 Å². The zero-order valence-corrected chi connectivity index (χ0v) is 9.25. The zero-order valence-electron chi connectivity index (χ0n) is 8.43. The molecule has 2 atom stereocenters. The van der Waals surface area contributed by atoms with E-state index in [9.17, 15) is 8.78 Å². The van der Waals surface area contributed by atoms with Crippen LogP contribution in [-0.2, 0) is 0 Å². The van der Waals surface area contributed by atoms with Gasteiger partial charge in [-0.05, 0) is 24.1 Å². The fourth-order valence-electron chi connectivity index (χ4n) is 2.17. The molecule has 0 aromatic carbocycles. The van der Waals surface area contributed by atoms with E-state index >= 15 is 0 Å². The van der Waals surface area contributed by atoms with E-state index in [2.05, 4.69) is 12.2 Å². The molecule has 1 aliphatic carbocycles. The number of thioether (sulfide) groups is 1. The zero-order chi connectivity index (χ0) is 10.2. The predicted molar refractivity (Wildman–Crippen MR) is 56.0 cm³/mol. The van der Waals surface area contributed by atoms with Crippen LogP contribution in [0.5, 0.6) is 0 Å². The summed E-state index contributed by atoms with van der Waals surface area (Å²) < 4.78 is 25.1. The van der Waals surface area contributed by atoms with E-state index in [4.69, 9.17) is 0 Å². The summed E-state index contributed by atoms with van der Waals surface area (Å²) in [7, 11) is 0. The first-order valence-electron chi connectivity index (χ1n) is 5.26. The van der Waals surface area contributed by atoms with Crippen LogP contribution in [0.15, 0.2) is 0 Å². The molecule has 0 bridgehead atoms. The van der Waals surface area contributed by atoms with Crippen molar-refractivity contribution in [3.8, 4) is 0 Å². The molecule has 0 spiro atoms. The van der Waals surface area contributed by atoms with Gasteiger partial charge in [0.05, 0.1) is 0 Å². The number of rotatable bonds is 3. The molecule has 4 heteroatoms. The molecule has 1 heterocycles. The minimum Gasteiger partial charge on any atom is -0.313 e. The maximum atomic E-state index is 12.5. The molecule has 14 heavy (non-hydrogen) atoms. The monoisotopic (exact) mass is 221 g/mol. The van der Waals surface area contributed by atoms with Gasteiger partial charge < -0.3 is 5.32 Å². The van der Waals surface area contributed by atoms with Crippen molar-refractivity contribution in [2.24, 2.45) is 11.8 Å². The Morgan fingerprint density at radius 2 is 2.07 bits per heavy atom. The number of hydrogen-bond donors (Lipinski definition) is 1. The van der Waals surface area contributed by atoms with Gasteiger partial charge in [0.2, 0.25) is 5.92 Å². The number of nitrogens with one attached hydrogen (secondary N) is 1. The lowest BCUT2D eigenvalue weighted by Gasteiger charge is -2.36. The highest BCUT2D eigenvalue weighted by Gasteiger charge is 2.45. The maximum Gasteiger partial charge on any atom is 0.248 e. The second-order valence-corrected chi connectivity index (χ2v) is 5.73. The van der Waals surface area contributed by atoms with Crippen LogP contribution in [0.3, 0.4) is 0 Å². The Bertz CT molecular complexity index is 202. The Hall–Kier alpha value is 0.170. The number of alkyl halides is 2. The van der Waals surface area contributed by atoms with Crippen LogP contribution in [0.25, 0.3) is 0 Å². The Morgan fingerprint density at radius 3 is 2.57 bits per heavy atom. The summed E-state index contributed by atoms with van der Waals surface area (Å²) in [6, 6.07) is 0.550. The minimum absolute atomic E-state index is 0.0915. The number of hydrogen-bond acceptors (Lipinski definition) is 2. The molecular weight excluding hydrogens is 204 g/mol. The van der Waals surface area contributed by atoms with E-state index in [1.807, 2.05) is 11.8 Å². The van der Waals surface area contributed by atoms with Crippen LogP contribution in [-0.4, -0.2) is 30.0 Å². The molecule has 0 aromatic rings. The smallest absolute Gasteiger partial charge is 0.248 e. The van der Waals surface area contributed by atoms with Gasteiger partial charge in [-0.25, -0.2) is 8.78 Å². The van der Waals surface area contributed by atoms with Crippen molar-refractivity contribution in [1.82, 2.24) is 5.32 Å². The number of halogens is 2. The summed E-state index contributed by atoms with van der Waals surface area (Å²) in [5.41, 5.74) is 0. The van der Waals surface area contributed by atoms with Crippen molar-refractivity contribution in [2.75, 3.05) is 18.1 Å². The fraction of sp³-hybridized carbons (Fsp3) is 1.00. The molecule has 1 N–H and O–H groups in total. The Kier molecular flexibility index (Phi) is 3.03. The van der Waals surface area contributed by atoms with E-state index in [0.29, 0.717) is 12.0 Å². The van der Waals surface area contributed by atoms with Crippen molar-refractivity contribution in [2.45, 2.75) is 31.7 Å². The molecule has 0 amide bonds. The highest BCUT2D eigenvalue weighted by Crippen LogP contribution is 2.42. The van der Waals surface area contributed by atoms with Gasteiger partial charge in [-0.15, -0.1) is 0 Å². The first-order chi connectivity index (χ1) is 6.57. The van der Waals surface area contributed by atoms with Crippen LogP contribution >= 0.6 is 11.8 Å².